The monoisotopic (exact) mass is 657 g/mol. The van der Waals surface area contributed by atoms with Gasteiger partial charge in [-0.25, -0.2) is 9.59 Å². The zero-order valence-electron chi connectivity index (χ0n) is 27.3. The summed E-state index contributed by atoms with van der Waals surface area (Å²) >= 11 is 0. The standard InChI is InChI=1S/C37H39NO10/c1-22-28-20-44-19-25-15-16-26(45-21-43-4)17-27(25)32-37(36(28,2)3,48-35(42)47-32)18-29(22)46-34(41)31(39)30(23-11-7-5-8-12-23)38-33(40)24-13-9-6-10-14-24/h5-17,29-32,39H,18-21H2,1-4H3,(H,38,40)/t29-,30-,31+,32-,37+/m0/s1. The molecule has 5 atom stereocenters. The number of amides is 1. The maximum atomic E-state index is 13.8. The summed E-state index contributed by atoms with van der Waals surface area (Å²) in [5.41, 5.74) is 1.66. The smallest absolute Gasteiger partial charge is 0.468 e. The van der Waals surface area contributed by atoms with Gasteiger partial charge in [0.1, 0.15) is 11.9 Å². The summed E-state index contributed by atoms with van der Waals surface area (Å²) in [7, 11) is 1.52. The summed E-state index contributed by atoms with van der Waals surface area (Å²) in [6.07, 6.45) is -4.40. The number of carbonyl (C=O) groups excluding carboxylic acids is 3. The summed E-state index contributed by atoms with van der Waals surface area (Å²) in [4.78, 5) is 40.0. The fourth-order valence-electron chi connectivity index (χ4n) is 6.98. The highest BCUT2D eigenvalue weighted by atomic mass is 16.8. The van der Waals surface area contributed by atoms with Gasteiger partial charge in [0, 0.05) is 30.1 Å². The first-order chi connectivity index (χ1) is 23.1. The molecule has 3 aromatic rings. The van der Waals surface area contributed by atoms with Gasteiger partial charge in [0.25, 0.3) is 5.91 Å². The first kappa shape index (κ1) is 33.2. The van der Waals surface area contributed by atoms with Crippen molar-refractivity contribution < 1.29 is 47.9 Å². The van der Waals surface area contributed by atoms with Crippen molar-refractivity contribution in [3.05, 3.63) is 112 Å². The van der Waals surface area contributed by atoms with Crippen molar-refractivity contribution in [3.63, 3.8) is 0 Å². The van der Waals surface area contributed by atoms with E-state index in [9.17, 15) is 19.5 Å². The van der Waals surface area contributed by atoms with Gasteiger partial charge in [-0.2, -0.15) is 0 Å². The largest absolute Gasteiger partial charge is 0.509 e. The van der Waals surface area contributed by atoms with Gasteiger partial charge in [0.05, 0.1) is 19.3 Å². The number of hydrogen-bond donors (Lipinski definition) is 2. The minimum Gasteiger partial charge on any atom is -0.468 e. The molecular weight excluding hydrogens is 618 g/mol. The lowest BCUT2D eigenvalue weighted by Crippen LogP contribution is -2.56. The molecule has 2 bridgehead atoms. The number of esters is 1. The third-order valence-electron chi connectivity index (χ3n) is 9.71. The van der Waals surface area contributed by atoms with Crippen molar-refractivity contribution in [1.82, 2.24) is 5.32 Å². The van der Waals surface area contributed by atoms with Gasteiger partial charge < -0.3 is 38.8 Å². The van der Waals surface area contributed by atoms with E-state index in [4.69, 9.17) is 28.4 Å². The van der Waals surface area contributed by atoms with Crippen molar-refractivity contribution in [1.29, 1.82) is 0 Å². The summed E-state index contributed by atoms with van der Waals surface area (Å²) < 4.78 is 35.1. The first-order valence-corrected chi connectivity index (χ1v) is 15.8. The van der Waals surface area contributed by atoms with Crippen LogP contribution in [0.3, 0.4) is 0 Å². The normalized spacial score (nSPS) is 23.9. The predicted molar refractivity (Wildman–Crippen MR) is 172 cm³/mol. The zero-order chi connectivity index (χ0) is 34.1. The van der Waals surface area contributed by atoms with Crippen molar-refractivity contribution in [2.24, 2.45) is 5.41 Å². The quantitative estimate of drug-likeness (QED) is 0.176. The van der Waals surface area contributed by atoms with Crippen LogP contribution in [0.5, 0.6) is 5.75 Å². The second-order valence-electron chi connectivity index (χ2n) is 12.7. The molecule has 1 fully saturated rings. The molecule has 2 N–H and O–H groups in total. The number of aliphatic hydroxyl groups excluding tert-OH is 1. The van der Waals surface area contributed by atoms with Crippen LogP contribution in [0.4, 0.5) is 4.79 Å². The van der Waals surface area contributed by atoms with E-state index in [0.717, 1.165) is 11.1 Å². The summed E-state index contributed by atoms with van der Waals surface area (Å²) in [6, 6.07) is 21.5. The van der Waals surface area contributed by atoms with Crippen molar-refractivity contribution in [2.45, 2.75) is 63.8 Å². The third-order valence-corrected chi connectivity index (χ3v) is 9.71. The number of hydrogen-bond acceptors (Lipinski definition) is 10. The zero-order valence-corrected chi connectivity index (χ0v) is 27.3. The average Bonchev–Trinajstić information content (AvgIpc) is 3.44. The first-order valence-electron chi connectivity index (χ1n) is 15.8. The molecule has 11 nitrogen and oxygen atoms in total. The molecule has 1 saturated heterocycles. The molecule has 1 aliphatic carbocycles. The van der Waals surface area contributed by atoms with E-state index in [1.807, 2.05) is 26.8 Å². The lowest BCUT2D eigenvalue weighted by Gasteiger charge is -2.50. The number of carbonyl (C=O) groups is 3. The van der Waals surface area contributed by atoms with Crippen molar-refractivity contribution >= 4 is 18.0 Å². The average molecular weight is 658 g/mol. The van der Waals surface area contributed by atoms with Crippen LogP contribution in [-0.2, 0) is 35.1 Å². The number of fused-ring (bicyclic) bond motifs is 3. The van der Waals surface area contributed by atoms with Crippen LogP contribution in [0.25, 0.3) is 0 Å². The fraction of sp³-hybridized carbons (Fsp3) is 0.378. The van der Waals surface area contributed by atoms with Crippen LogP contribution in [0.1, 0.15) is 66.4 Å². The highest BCUT2D eigenvalue weighted by molar-refractivity contribution is 5.95. The Morgan fingerprint density at radius 3 is 2.44 bits per heavy atom. The summed E-state index contributed by atoms with van der Waals surface area (Å²) in [6.45, 7) is 6.17. The van der Waals surface area contributed by atoms with Crippen LogP contribution in [0.2, 0.25) is 0 Å². The highest BCUT2D eigenvalue weighted by Crippen LogP contribution is 2.60. The van der Waals surface area contributed by atoms with Crippen LogP contribution < -0.4 is 10.1 Å². The Labute approximate surface area is 278 Å². The highest BCUT2D eigenvalue weighted by Gasteiger charge is 2.66. The SMILES string of the molecule is COCOc1ccc2c(c1)[C@@H]1OC(=O)O[C@]13C[C@H](OC(=O)[C@H](O)[C@@H](NC(=O)c1ccccc1)c1ccccc1)C(C)=C(COC2)C3(C)C. The van der Waals surface area contributed by atoms with Crippen LogP contribution in [0, 0.1) is 5.41 Å². The predicted octanol–water partition coefficient (Wildman–Crippen LogP) is 5.34. The molecule has 252 valence electrons. The molecule has 6 rings (SSSR count). The van der Waals surface area contributed by atoms with Gasteiger partial charge in [-0.15, -0.1) is 0 Å². The van der Waals surface area contributed by atoms with Crippen LogP contribution in [-0.4, -0.2) is 61.5 Å². The molecule has 48 heavy (non-hydrogen) atoms. The molecule has 2 heterocycles. The molecule has 1 spiro atoms. The van der Waals surface area contributed by atoms with Gasteiger partial charge in [-0.1, -0.05) is 68.4 Å². The Morgan fingerprint density at radius 2 is 1.73 bits per heavy atom. The maximum absolute atomic E-state index is 13.8. The number of aliphatic hydroxyl groups is 1. The molecule has 0 radical (unpaired) electrons. The molecule has 2 aliphatic heterocycles. The van der Waals surface area contributed by atoms with Gasteiger partial charge in [0.2, 0.25) is 0 Å². The molecular formula is C37H39NO10. The lowest BCUT2D eigenvalue weighted by atomic mass is 9.58. The van der Waals surface area contributed by atoms with Gasteiger partial charge in [-0.3, -0.25) is 4.79 Å². The molecule has 0 aromatic heterocycles. The molecule has 0 unspecified atom stereocenters. The molecule has 0 saturated carbocycles. The second-order valence-corrected chi connectivity index (χ2v) is 12.7. The van der Waals surface area contributed by atoms with E-state index in [2.05, 4.69) is 5.32 Å². The van der Waals surface area contributed by atoms with E-state index in [1.54, 1.807) is 72.8 Å². The number of ether oxygens (including phenoxy) is 6. The Bertz CT molecular complexity index is 1710. The van der Waals surface area contributed by atoms with Crippen LogP contribution in [0.15, 0.2) is 90.0 Å². The van der Waals surface area contributed by atoms with Gasteiger partial charge >= 0.3 is 12.1 Å². The van der Waals surface area contributed by atoms with E-state index in [0.29, 0.717) is 28.0 Å². The molecule has 11 heteroatoms. The number of methoxy groups -OCH3 is 1. The Hall–Kier alpha value is -4.71. The van der Waals surface area contributed by atoms with Gasteiger partial charge in [-0.05, 0) is 53.5 Å². The number of nitrogens with one attached hydrogen (secondary N) is 1. The Kier molecular flexibility index (Phi) is 9.28. The second kappa shape index (κ2) is 13.4. The van der Waals surface area contributed by atoms with Crippen LogP contribution >= 0.6 is 0 Å². The molecule has 3 aromatic carbocycles. The Balaban J connectivity index is 1.34. The van der Waals surface area contributed by atoms with E-state index in [1.165, 1.54) is 7.11 Å². The summed E-state index contributed by atoms with van der Waals surface area (Å²) in [5.74, 6) is -0.915. The summed E-state index contributed by atoms with van der Waals surface area (Å²) in [5, 5.41) is 14.3. The van der Waals surface area contributed by atoms with E-state index in [-0.39, 0.29) is 26.4 Å². The lowest BCUT2D eigenvalue weighted by molar-refractivity contribution is -0.166. The number of rotatable bonds is 9. The Morgan fingerprint density at radius 1 is 1.02 bits per heavy atom. The van der Waals surface area contributed by atoms with E-state index >= 15 is 0 Å². The third kappa shape index (κ3) is 6.05. The minimum absolute atomic E-state index is 0.0229. The maximum Gasteiger partial charge on any atom is 0.509 e. The minimum atomic E-state index is -1.77. The molecule has 1 amide bonds. The fourth-order valence-corrected chi connectivity index (χ4v) is 6.98. The van der Waals surface area contributed by atoms with E-state index < -0.39 is 53.4 Å². The molecule has 3 aliphatic rings. The van der Waals surface area contributed by atoms with Crippen molar-refractivity contribution in [2.75, 3.05) is 20.5 Å². The number of benzene rings is 3. The van der Waals surface area contributed by atoms with Crippen molar-refractivity contribution in [3.8, 4) is 5.75 Å². The van der Waals surface area contributed by atoms with Gasteiger partial charge in [0.15, 0.2) is 24.6 Å². The topological polar surface area (TPSA) is 139 Å².